The van der Waals surface area contributed by atoms with Crippen molar-refractivity contribution in [3.63, 3.8) is 0 Å². The Morgan fingerprint density at radius 2 is 2.06 bits per heavy atom. The summed E-state index contributed by atoms with van der Waals surface area (Å²) < 4.78 is 5.39. The SMILES string of the molecule is CSCCCCNc1nc(Cl)nc(OC(C)C)n1. The Morgan fingerprint density at radius 3 is 2.72 bits per heavy atom. The first-order valence-corrected chi connectivity index (χ1v) is 7.70. The van der Waals surface area contributed by atoms with E-state index in [1.54, 1.807) is 0 Å². The Morgan fingerprint density at radius 1 is 1.28 bits per heavy atom. The Kier molecular flexibility index (Phi) is 7.12. The van der Waals surface area contributed by atoms with Crippen LogP contribution in [0, 0.1) is 0 Å². The molecule has 1 rings (SSSR count). The van der Waals surface area contributed by atoms with Gasteiger partial charge in [0.2, 0.25) is 11.2 Å². The highest BCUT2D eigenvalue weighted by Gasteiger charge is 2.07. The second-order valence-electron chi connectivity index (χ2n) is 4.00. The Labute approximate surface area is 117 Å². The number of nitrogens with zero attached hydrogens (tertiary/aromatic N) is 3. The average molecular weight is 291 g/mol. The minimum atomic E-state index is 0.0119. The lowest BCUT2D eigenvalue weighted by atomic mass is 10.3. The number of thioether (sulfide) groups is 1. The summed E-state index contributed by atoms with van der Waals surface area (Å²) in [4.78, 5) is 12.1. The fraction of sp³-hybridized carbons (Fsp3) is 0.727. The van der Waals surface area contributed by atoms with Gasteiger partial charge in [-0.1, -0.05) is 0 Å². The summed E-state index contributed by atoms with van der Waals surface area (Å²) in [6.07, 6.45) is 4.36. The van der Waals surface area contributed by atoms with Gasteiger partial charge < -0.3 is 10.1 Å². The van der Waals surface area contributed by atoms with Gasteiger partial charge in [-0.05, 0) is 50.3 Å². The number of hydrogen-bond acceptors (Lipinski definition) is 6. The van der Waals surface area contributed by atoms with Gasteiger partial charge in [0.1, 0.15) is 0 Å². The standard InChI is InChI=1S/C11H19ClN4OS/c1-8(2)17-11-15-9(12)14-10(16-11)13-6-4-5-7-18-3/h8H,4-7H2,1-3H3,(H,13,14,15,16). The first kappa shape index (κ1) is 15.3. The fourth-order valence-electron chi connectivity index (χ4n) is 1.25. The van der Waals surface area contributed by atoms with Crippen LogP contribution in [0.2, 0.25) is 5.28 Å². The third-order valence-corrected chi connectivity index (χ3v) is 2.85. The van der Waals surface area contributed by atoms with Crippen LogP contribution in [0.4, 0.5) is 5.95 Å². The summed E-state index contributed by atoms with van der Waals surface area (Å²) in [6.45, 7) is 4.64. The van der Waals surface area contributed by atoms with E-state index < -0.39 is 0 Å². The van der Waals surface area contributed by atoms with E-state index in [0.29, 0.717) is 5.95 Å². The van der Waals surface area contributed by atoms with E-state index in [1.165, 1.54) is 12.2 Å². The summed E-state index contributed by atoms with van der Waals surface area (Å²) in [5, 5.41) is 3.27. The lowest BCUT2D eigenvalue weighted by Gasteiger charge is -2.09. The van der Waals surface area contributed by atoms with Gasteiger partial charge in [-0.2, -0.15) is 26.7 Å². The monoisotopic (exact) mass is 290 g/mol. The van der Waals surface area contributed by atoms with Crippen molar-refractivity contribution in [3.8, 4) is 6.01 Å². The number of aromatic nitrogens is 3. The van der Waals surface area contributed by atoms with Crippen LogP contribution in [0.3, 0.4) is 0 Å². The molecular weight excluding hydrogens is 272 g/mol. The van der Waals surface area contributed by atoms with Gasteiger partial charge in [0.15, 0.2) is 0 Å². The number of nitrogens with one attached hydrogen (secondary N) is 1. The predicted octanol–water partition coefficient (Wildman–Crippen LogP) is 2.87. The maximum Gasteiger partial charge on any atom is 0.322 e. The van der Waals surface area contributed by atoms with Crippen molar-refractivity contribution in [3.05, 3.63) is 5.28 Å². The number of unbranched alkanes of at least 4 members (excludes halogenated alkanes) is 1. The number of anilines is 1. The van der Waals surface area contributed by atoms with Crippen LogP contribution in [-0.4, -0.2) is 39.6 Å². The third-order valence-electron chi connectivity index (χ3n) is 1.99. The molecule has 5 nitrogen and oxygen atoms in total. The highest BCUT2D eigenvalue weighted by atomic mass is 35.5. The van der Waals surface area contributed by atoms with E-state index >= 15 is 0 Å². The maximum absolute atomic E-state index is 5.81. The van der Waals surface area contributed by atoms with Gasteiger partial charge in [-0.3, -0.25) is 0 Å². The molecule has 0 aliphatic heterocycles. The van der Waals surface area contributed by atoms with Crippen molar-refractivity contribution < 1.29 is 4.74 Å². The van der Waals surface area contributed by atoms with E-state index in [-0.39, 0.29) is 17.4 Å². The molecule has 18 heavy (non-hydrogen) atoms. The fourth-order valence-corrected chi connectivity index (χ4v) is 1.89. The van der Waals surface area contributed by atoms with E-state index in [2.05, 4.69) is 26.5 Å². The van der Waals surface area contributed by atoms with Gasteiger partial charge in [0.05, 0.1) is 6.10 Å². The summed E-state index contributed by atoms with van der Waals surface area (Å²) in [5.41, 5.74) is 0. The van der Waals surface area contributed by atoms with Crippen LogP contribution in [0.25, 0.3) is 0 Å². The molecule has 1 aromatic rings. The predicted molar refractivity (Wildman–Crippen MR) is 76.7 cm³/mol. The Hall–Kier alpha value is -0.750. The van der Waals surface area contributed by atoms with Gasteiger partial charge in [-0.15, -0.1) is 0 Å². The molecule has 0 saturated carbocycles. The molecule has 1 heterocycles. The van der Waals surface area contributed by atoms with E-state index in [4.69, 9.17) is 16.3 Å². The third kappa shape index (κ3) is 6.26. The van der Waals surface area contributed by atoms with E-state index in [9.17, 15) is 0 Å². The molecule has 0 spiro atoms. The van der Waals surface area contributed by atoms with Gasteiger partial charge in [0, 0.05) is 6.54 Å². The summed E-state index contributed by atoms with van der Waals surface area (Å²) in [7, 11) is 0. The van der Waals surface area contributed by atoms with E-state index in [1.807, 2.05) is 25.6 Å². The molecule has 1 N–H and O–H groups in total. The number of hydrogen-bond donors (Lipinski definition) is 1. The smallest absolute Gasteiger partial charge is 0.322 e. The topological polar surface area (TPSA) is 59.9 Å². The lowest BCUT2D eigenvalue weighted by Crippen LogP contribution is -2.12. The van der Waals surface area contributed by atoms with Crippen LogP contribution < -0.4 is 10.1 Å². The molecule has 0 fully saturated rings. The van der Waals surface area contributed by atoms with Crippen LogP contribution >= 0.6 is 23.4 Å². The molecule has 102 valence electrons. The normalized spacial score (nSPS) is 10.7. The quantitative estimate of drug-likeness (QED) is 0.743. The van der Waals surface area contributed by atoms with Crippen LogP contribution in [0.5, 0.6) is 6.01 Å². The molecule has 0 atom stereocenters. The highest BCUT2D eigenvalue weighted by molar-refractivity contribution is 7.98. The van der Waals surface area contributed by atoms with Crippen LogP contribution in [0.1, 0.15) is 26.7 Å². The zero-order chi connectivity index (χ0) is 13.4. The van der Waals surface area contributed by atoms with Crippen molar-refractivity contribution in [2.45, 2.75) is 32.8 Å². The number of rotatable bonds is 8. The zero-order valence-corrected chi connectivity index (χ0v) is 12.5. The molecular formula is C11H19ClN4OS. The molecule has 0 aromatic carbocycles. The van der Waals surface area contributed by atoms with Gasteiger partial charge >= 0.3 is 6.01 Å². The first-order chi connectivity index (χ1) is 8.61. The molecule has 0 aliphatic carbocycles. The molecule has 1 aromatic heterocycles. The average Bonchev–Trinajstić information content (AvgIpc) is 2.27. The molecule has 7 heteroatoms. The summed E-state index contributed by atoms with van der Waals surface area (Å²) in [5.74, 6) is 1.64. The van der Waals surface area contributed by atoms with Crippen molar-refractivity contribution in [1.29, 1.82) is 0 Å². The highest BCUT2D eigenvalue weighted by Crippen LogP contribution is 2.12. The number of ether oxygens (including phenoxy) is 1. The maximum atomic E-state index is 5.81. The summed E-state index contributed by atoms with van der Waals surface area (Å²) in [6, 6.07) is 0.261. The largest absolute Gasteiger partial charge is 0.461 e. The minimum Gasteiger partial charge on any atom is -0.461 e. The number of halogens is 1. The Bertz CT molecular complexity index is 365. The van der Waals surface area contributed by atoms with Gasteiger partial charge in [-0.25, -0.2) is 0 Å². The van der Waals surface area contributed by atoms with Gasteiger partial charge in [0.25, 0.3) is 0 Å². The second-order valence-corrected chi connectivity index (χ2v) is 5.33. The van der Waals surface area contributed by atoms with Crippen molar-refractivity contribution in [2.75, 3.05) is 23.9 Å². The second kappa shape index (κ2) is 8.37. The molecule has 0 saturated heterocycles. The summed E-state index contributed by atoms with van der Waals surface area (Å²) >= 11 is 7.66. The molecule has 0 bridgehead atoms. The van der Waals surface area contributed by atoms with E-state index in [0.717, 1.165) is 13.0 Å². The first-order valence-electron chi connectivity index (χ1n) is 5.93. The molecule has 0 radical (unpaired) electrons. The molecule has 0 unspecified atom stereocenters. The zero-order valence-electron chi connectivity index (χ0n) is 10.9. The van der Waals surface area contributed by atoms with Crippen LogP contribution in [0.15, 0.2) is 0 Å². The lowest BCUT2D eigenvalue weighted by molar-refractivity contribution is 0.222. The Balaban J connectivity index is 2.46. The molecule has 0 amide bonds. The van der Waals surface area contributed by atoms with Crippen LogP contribution in [-0.2, 0) is 0 Å². The van der Waals surface area contributed by atoms with Crippen molar-refractivity contribution >= 4 is 29.3 Å². The minimum absolute atomic E-state index is 0.0119. The van der Waals surface area contributed by atoms with Crippen molar-refractivity contribution in [1.82, 2.24) is 15.0 Å². The molecule has 0 aliphatic rings. The van der Waals surface area contributed by atoms with Crippen molar-refractivity contribution in [2.24, 2.45) is 0 Å².